The SMILES string of the molecule is COC(OC)C(C(=O)c1c(OCc2ccccc2)cc(OCc2ccccc2)cc1OC(C)=O)c1ccc(OCc2ccccc2)cc1OCc1ccccc1. The first-order chi connectivity index (χ1) is 27.4. The molecule has 0 saturated carbocycles. The number of esters is 1. The third kappa shape index (κ3) is 10.6. The molecule has 56 heavy (non-hydrogen) atoms. The van der Waals surface area contributed by atoms with Crippen molar-refractivity contribution in [3.05, 3.63) is 185 Å². The smallest absolute Gasteiger partial charge is 0.308 e. The first-order valence-corrected chi connectivity index (χ1v) is 18.2. The molecule has 0 aliphatic heterocycles. The summed E-state index contributed by atoms with van der Waals surface area (Å²) in [4.78, 5) is 27.9. The highest BCUT2D eigenvalue weighted by molar-refractivity contribution is 6.06. The van der Waals surface area contributed by atoms with Crippen molar-refractivity contribution < 1.29 is 42.7 Å². The quantitative estimate of drug-likeness (QED) is 0.0347. The molecule has 0 heterocycles. The third-order valence-electron chi connectivity index (χ3n) is 8.85. The second kappa shape index (κ2) is 19.8. The number of Topliss-reactive ketones (excluding diaryl/α,β-unsaturated/α-hetero) is 1. The predicted molar refractivity (Wildman–Crippen MR) is 212 cm³/mol. The summed E-state index contributed by atoms with van der Waals surface area (Å²) in [6, 6.07) is 47.1. The maximum Gasteiger partial charge on any atom is 0.308 e. The van der Waals surface area contributed by atoms with Crippen LogP contribution in [0.25, 0.3) is 0 Å². The Morgan fingerprint density at radius 1 is 0.482 bits per heavy atom. The number of ketones is 1. The van der Waals surface area contributed by atoms with Gasteiger partial charge in [0, 0.05) is 44.9 Å². The molecule has 1 atom stereocenters. The molecule has 0 spiro atoms. The predicted octanol–water partition coefficient (Wildman–Crippen LogP) is 9.51. The molecule has 0 fully saturated rings. The summed E-state index contributed by atoms with van der Waals surface area (Å²) < 4.78 is 42.6. The van der Waals surface area contributed by atoms with E-state index in [-0.39, 0.29) is 36.9 Å². The lowest BCUT2D eigenvalue weighted by atomic mass is 9.88. The number of benzene rings is 6. The van der Waals surface area contributed by atoms with Gasteiger partial charge in [-0.1, -0.05) is 127 Å². The van der Waals surface area contributed by atoms with Gasteiger partial charge in [-0.2, -0.15) is 0 Å². The molecule has 0 aromatic heterocycles. The van der Waals surface area contributed by atoms with Crippen molar-refractivity contribution in [2.24, 2.45) is 0 Å². The fourth-order valence-electron chi connectivity index (χ4n) is 6.12. The van der Waals surface area contributed by atoms with Crippen LogP contribution in [0, 0.1) is 0 Å². The molecule has 6 rings (SSSR count). The van der Waals surface area contributed by atoms with Crippen LogP contribution in [0.15, 0.2) is 152 Å². The van der Waals surface area contributed by atoms with E-state index in [4.69, 9.17) is 33.2 Å². The van der Waals surface area contributed by atoms with Gasteiger partial charge in [-0.3, -0.25) is 9.59 Å². The molecule has 0 bridgehead atoms. The van der Waals surface area contributed by atoms with Gasteiger partial charge in [0.15, 0.2) is 12.1 Å². The zero-order valence-electron chi connectivity index (χ0n) is 31.6. The lowest BCUT2D eigenvalue weighted by molar-refractivity contribution is -0.131. The second-order valence-electron chi connectivity index (χ2n) is 12.9. The van der Waals surface area contributed by atoms with Gasteiger partial charge < -0.3 is 33.2 Å². The summed E-state index contributed by atoms with van der Waals surface area (Å²) in [5.74, 6) is -0.924. The van der Waals surface area contributed by atoms with E-state index in [9.17, 15) is 4.79 Å². The van der Waals surface area contributed by atoms with Crippen LogP contribution in [-0.4, -0.2) is 32.3 Å². The normalized spacial score (nSPS) is 11.4. The number of ether oxygens (including phenoxy) is 7. The standard InChI is InChI=1S/C47H44O9/c1-33(48)56-43-28-39(53-30-35-18-10-5-11-19-35)27-42(55-32-37-22-14-7-15-23-37)45(43)46(49)44(47(50-2)51-3)40-25-24-38(52-29-34-16-8-4-9-17-34)26-41(40)54-31-36-20-12-6-13-21-36/h4-28,44,47H,29-32H2,1-3H3. The van der Waals surface area contributed by atoms with E-state index in [2.05, 4.69) is 0 Å². The summed E-state index contributed by atoms with van der Waals surface area (Å²) in [6.07, 6.45) is -1.10. The Morgan fingerprint density at radius 2 is 0.893 bits per heavy atom. The first-order valence-electron chi connectivity index (χ1n) is 18.2. The minimum absolute atomic E-state index is 0.00528. The molecule has 0 N–H and O–H groups in total. The summed E-state index contributed by atoms with van der Waals surface area (Å²) in [5.41, 5.74) is 4.17. The van der Waals surface area contributed by atoms with Crippen LogP contribution < -0.4 is 23.7 Å². The largest absolute Gasteiger partial charge is 0.489 e. The van der Waals surface area contributed by atoms with Crippen LogP contribution in [0.1, 0.15) is 51.0 Å². The van der Waals surface area contributed by atoms with E-state index in [1.807, 2.05) is 121 Å². The van der Waals surface area contributed by atoms with Crippen molar-refractivity contribution in [1.82, 2.24) is 0 Å². The molecule has 6 aromatic carbocycles. The molecule has 286 valence electrons. The molecule has 6 aromatic rings. The van der Waals surface area contributed by atoms with Crippen LogP contribution >= 0.6 is 0 Å². The lowest BCUT2D eigenvalue weighted by Gasteiger charge is -2.28. The van der Waals surface area contributed by atoms with E-state index >= 15 is 4.79 Å². The molecule has 0 aliphatic rings. The van der Waals surface area contributed by atoms with Gasteiger partial charge in [0.25, 0.3) is 0 Å². The van der Waals surface area contributed by atoms with Gasteiger partial charge in [0.1, 0.15) is 66.7 Å². The minimum Gasteiger partial charge on any atom is -0.489 e. The number of rotatable bonds is 19. The first kappa shape index (κ1) is 39.3. The van der Waals surface area contributed by atoms with Crippen molar-refractivity contribution in [3.8, 4) is 28.7 Å². The monoisotopic (exact) mass is 752 g/mol. The highest BCUT2D eigenvalue weighted by Gasteiger charge is 2.38. The average Bonchev–Trinajstić information content (AvgIpc) is 3.23. The summed E-state index contributed by atoms with van der Waals surface area (Å²) in [6.45, 7) is 2.14. The van der Waals surface area contributed by atoms with Crippen molar-refractivity contribution >= 4 is 11.8 Å². The Hall–Kier alpha value is -6.42. The van der Waals surface area contributed by atoms with E-state index in [0.29, 0.717) is 29.4 Å². The van der Waals surface area contributed by atoms with E-state index in [0.717, 1.165) is 22.3 Å². The van der Waals surface area contributed by atoms with Crippen molar-refractivity contribution in [2.75, 3.05) is 14.2 Å². The fraction of sp³-hybridized carbons (Fsp3) is 0.191. The zero-order valence-corrected chi connectivity index (χ0v) is 31.6. The molecular formula is C47H44O9. The number of hydrogen-bond donors (Lipinski definition) is 0. The number of carbonyl (C=O) groups is 2. The minimum atomic E-state index is -1.14. The van der Waals surface area contributed by atoms with Gasteiger partial charge in [-0.15, -0.1) is 0 Å². The van der Waals surface area contributed by atoms with Gasteiger partial charge in [-0.05, 0) is 28.3 Å². The number of hydrogen-bond acceptors (Lipinski definition) is 9. The Morgan fingerprint density at radius 3 is 1.36 bits per heavy atom. The molecule has 0 radical (unpaired) electrons. The molecule has 0 amide bonds. The summed E-state index contributed by atoms with van der Waals surface area (Å²) in [7, 11) is 2.91. The topological polar surface area (TPSA) is 98.8 Å². The van der Waals surface area contributed by atoms with Gasteiger partial charge in [0.2, 0.25) is 0 Å². The van der Waals surface area contributed by atoms with Crippen molar-refractivity contribution in [3.63, 3.8) is 0 Å². The summed E-state index contributed by atoms with van der Waals surface area (Å²) >= 11 is 0. The maximum absolute atomic E-state index is 15.3. The Bertz CT molecular complexity index is 2150. The Balaban J connectivity index is 1.44. The third-order valence-corrected chi connectivity index (χ3v) is 8.85. The van der Waals surface area contributed by atoms with Crippen LogP contribution in [0.3, 0.4) is 0 Å². The van der Waals surface area contributed by atoms with Crippen molar-refractivity contribution in [2.45, 2.75) is 45.6 Å². The van der Waals surface area contributed by atoms with E-state index < -0.39 is 24.0 Å². The van der Waals surface area contributed by atoms with Crippen LogP contribution in [0.2, 0.25) is 0 Å². The van der Waals surface area contributed by atoms with Crippen LogP contribution in [-0.2, 0) is 40.7 Å². The van der Waals surface area contributed by atoms with Gasteiger partial charge >= 0.3 is 5.97 Å². The van der Waals surface area contributed by atoms with Crippen molar-refractivity contribution in [1.29, 1.82) is 0 Å². The lowest BCUT2D eigenvalue weighted by Crippen LogP contribution is -2.31. The van der Waals surface area contributed by atoms with E-state index in [1.54, 1.807) is 24.3 Å². The van der Waals surface area contributed by atoms with Gasteiger partial charge in [-0.25, -0.2) is 0 Å². The Kier molecular flexibility index (Phi) is 13.9. The highest BCUT2D eigenvalue weighted by Crippen LogP contribution is 2.43. The van der Waals surface area contributed by atoms with E-state index in [1.165, 1.54) is 27.2 Å². The molecular weight excluding hydrogens is 709 g/mol. The molecule has 9 heteroatoms. The van der Waals surface area contributed by atoms with Crippen LogP contribution in [0.5, 0.6) is 28.7 Å². The molecule has 1 unspecified atom stereocenters. The molecule has 0 saturated heterocycles. The Labute approximate surface area is 327 Å². The van der Waals surface area contributed by atoms with Crippen LogP contribution in [0.4, 0.5) is 0 Å². The second-order valence-corrected chi connectivity index (χ2v) is 12.9. The fourth-order valence-corrected chi connectivity index (χ4v) is 6.12. The average molecular weight is 753 g/mol. The highest BCUT2D eigenvalue weighted by atomic mass is 16.7. The zero-order chi connectivity index (χ0) is 39.1. The van der Waals surface area contributed by atoms with Gasteiger partial charge in [0.05, 0.1) is 0 Å². The summed E-state index contributed by atoms with van der Waals surface area (Å²) in [5, 5.41) is 0. The number of methoxy groups -OCH3 is 2. The number of carbonyl (C=O) groups excluding carboxylic acids is 2. The molecule has 0 aliphatic carbocycles. The molecule has 9 nitrogen and oxygen atoms in total. The maximum atomic E-state index is 15.3.